The molecule has 0 saturated carbocycles. The molecule has 1 aromatic carbocycles. The molecule has 0 radical (unpaired) electrons. The highest BCUT2D eigenvalue weighted by Crippen LogP contribution is 2.29. The van der Waals surface area contributed by atoms with Crippen LogP contribution < -0.4 is 5.32 Å². The van der Waals surface area contributed by atoms with Crippen LogP contribution in [-0.2, 0) is 19.4 Å². The van der Waals surface area contributed by atoms with Gasteiger partial charge in [-0.3, -0.25) is 0 Å². The molecule has 1 heterocycles. The molecule has 0 bridgehead atoms. The molecule has 0 unspecified atom stereocenters. The molecule has 19 heavy (non-hydrogen) atoms. The molecule has 1 N–H and O–H groups in total. The maximum absolute atomic E-state index is 5.59. The van der Waals surface area contributed by atoms with Gasteiger partial charge in [0.1, 0.15) is 5.69 Å². The Kier molecular flexibility index (Phi) is 3.65. The second kappa shape index (κ2) is 5.57. The molecular formula is C16H20N2O. The number of benzene rings is 1. The SMILES string of the molecule is CCCNCc1ncoc1-c1ccc2c(c1)CCC2. The minimum absolute atomic E-state index is 0.775. The van der Waals surface area contributed by atoms with Crippen molar-refractivity contribution in [3.05, 3.63) is 41.4 Å². The van der Waals surface area contributed by atoms with Crippen molar-refractivity contribution in [2.24, 2.45) is 0 Å². The van der Waals surface area contributed by atoms with E-state index in [9.17, 15) is 0 Å². The molecule has 0 saturated heterocycles. The Hall–Kier alpha value is -1.61. The summed E-state index contributed by atoms with van der Waals surface area (Å²) in [5.74, 6) is 0.915. The third kappa shape index (κ3) is 2.56. The van der Waals surface area contributed by atoms with Crippen LogP contribution in [0.15, 0.2) is 29.0 Å². The molecule has 0 fully saturated rings. The second-order valence-electron chi connectivity index (χ2n) is 5.14. The minimum atomic E-state index is 0.775. The van der Waals surface area contributed by atoms with Crippen molar-refractivity contribution in [2.75, 3.05) is 6.54 Å². The summed E-state index contributed by atoms with van der Waals surface area (Å²) in [6, 6.07) is 6.67. The molecule has 1 aromatic heterocycles. The smallest absolute Gasteiger partial charge is 0.181 e. The van der Waals surface area contributed by atoms with Crippen molar-refractivity contribution in [1.29, 1.82) is 0 Å². The van der Waals surface area contributed by atoms with Gasteiger partial charge in [0.2, 0.25) is 0 Å². The molecule has 0 spiro atoms. The van der Waals surface area contributed by atoms with Crippen LogP contribution in [0.2, 0.25) is 0 Å². The van der Waals surface area contributed by atoms with Gasteiger partial charge in [0, 0.05) is 12.1 Å². The Morgan fingerprint density at radius 2 is 2.16 bits per heavy atom. The fourth-order valence-corrected chi connectivity index (χ4v) is 2.73. The Bertz CT molecular complexity index is 560. The van der Waals surface area contributed by atoms with E-state index in [-0.39, 0.29) is 0 Å². The highest BCUT2D eigenvalue weighted by molar-refractivity contribution is 5.62. The quantitative estimate of drug-likeness (QED) is 0.834. The van der Waals surface area contributed by atoms with Crippen LogP contribution in [0.3, 0.4) is 0 Å². The van der Waals surface area contributed by atoms with Crippen LogP contribution in [0.25, 0.3) is 11.3 Å². The lowest BCUT2D eigenvalue weighted by Gasteiger charge is -2.05. The maximum Gasteiger partial charge on any atom is 0.181 e. The number of hydrogen-bond donors (Lipinski definition) is 1. The van der Waals surface area contributed by atoms with Crippen LogP contribution in [-0.4, -0.2) is 11.5 Å². The van der Waals surface area contributed by atoms with Gasteiger partial charge in [-0.05, 0) is 49.4 Å². The highest BCUT2D eigenvalue weighted by Gasteiger charge is 2.15. The highest BCUT2D eigenvalue weighted by atomic mass is 16.3. The van der Waals surface area contributed by atoms with E-state index in [0.717, 1.165) is 36.5 Å². The van der Waals surface area contributed by atoms with E-state index >= 15 is 0 Å². The van der Waals surface area contributed by atoms with Crippen molar-refractivity contribution in [3.8, 4) is 11.3 Å². The van der Waals surface area contributed by atoms with E-state index in [1.165, 1.54) is 30.4 Å². The summed E-state index contributed by atoms with van der Waals surface area (Å²) in [5.41, 5.74) is 5.13. The Morgan fingerprint density at radius 3 is 3.05 bits per heavy atom. The summed E-state index contributed by atoms with van der Waals surface area (Å²) in [4.78, 5) is 4.33. The Labute approximate surface area is 114 Å². The molecule has 3 heteroatoms. The largest absolute Gasteiger partial charge is 0.443 e. The topological polar surface area (TPSA) is 38.1 Å². The number of aryl methyl sites for hydroxylation is 2. The van der Waals surface area contributed by atoms with Crippen LogP contribution in [0, 0.1) is 0 Å². The third-order valence-corrected chi connectivity index (χ3v) is 3.72. The van der Waals surface area contributed by atoms with Crippen LogP contribution in [0.5, 0.6) is 0 Å². The molecule has 2 aromatic rings. The molecule has 3 rings (SSSR count). The zero-order valence-corrected chi connectivity index (χ0v) is 11.4. The lowest BCUT2D eigenvalue weighted by molar-refractivity contribution is 0.569. The van der Waals surface area contributed by atoms with Crippen molar-refractivity contribution in [1.82, 2.24) is 10.3 Å². The van der Waals surface area contributed by atoms with E-state index in [0.29, 0.717) is 0 Å². The summed E-state index contributed by atoms with van der Waals surface area (Å²) in [6.07, 6.45) is 6.37. The lowest BCUT2D eigenvalue weighted by Crippen LogP contribution is -2.14. The van der Waals surface area contributed by atoms with Gasteiger partial charge in [0.25, 0.3) is 0 Å². The summed E-state index contributed by atoms with van der Waals surface area (Å²) >= 11 is 0. The summed E-state index contributed by atoms with van der Waals surface area (Å²) in [6.45, 7) is 3.95. The number of fused-ring (bicyclic) bond motifs is 1. The van der Waals surface area contributed by atoms with Gasteiger partial charge >= 0.3 is 0 Å². The third-order valence-electron chi connectivity index (χ3n) is 3.72. The zero-order valence-electron chi connectivity index (χ0n) is 11.4. The molecule has 1 aliphatic carbocycles. The number of nitrogens with one attached hydrogen (secondary N) is 1. The van der Waals surface area contributed by atoms with E-state index in [1.807, 2.05) is 0 Å². The van der Waals surface area contributed by atoms with Gasteiger partial charge in [-0.2, -0.15) is 0 Å². The van der Waals surface area contributed by atoms with Gasteiger partial charge in [0.15, 0.2) is 12.2 Å². The van der Waals surface area contributed by atoms with E-state index in [2.05, 4.69) is 35.4 Å². The van der Waals surface area contributed by atoms with E-state index in [1.54, 1.807) is 6.39 Å². The van der Waals surface area contributed by atoms with E-state index < -0.39 is 0 Å². The first-order valence-electron chi connectivity index (χ1n) is 7.13. The Morgan fingerprint density at radius 1 is 1.26 bits per heavy atom. The first-order chi connectivity index (χ1) is 9.38. The van der Waals surface area contributed by atoms with Crippen LogP contribution in [0.4, 0.5) is 0 Å². The first-order valence-corrected chi connectivity index (χ1v) is 7.13. The first kappa shape index (κ1) is 12.4. The van der Waals surface area contributed by atoms with Crippen molar-refractivity contribution < 1.29 is 4.42 Å². The number of rotatable bonds is 5. The molecule has 0 atom stereocenters. The molecule has 100 valence electrons. The summed E-state index contributed by atoms with van der Waals surface area (Å²) in [5, 5.41) is 3.38. The number of hydrogen-bond acceptors (Lipinski definition) is 3. The molecule has 3 nitrogen and oxygen atoms in total. The number of oxazole rings is 1. The molecular weight excluding hydrogens is 236 g/mol. The number of nitrogens with zero attached hydrogens (tertiary/aromatic N) is 1. The summed E-state index contributed by atoms with van der Waals surface area (Å²) in [7, 11) is 0. The zero-order chi connectivity index (χ0) is 13.1. The summed E-state index contributed by atoms with van der Waals surface area (Å²) < 4.78 is 5.59. The monoisotopic (exact) mass is 256 g/mol. The van der Waals surface area contributed by atoms with Crippen LogP contribution in [0.1, 0.15) is 36.6 Å². The predicted octanol–water partition coefficient (Wildman–Crippen LogP) is 3.33. The maximum atomic E-state index is 5.59. The van der Waals surface area contributed by atoms with Gasteiger partial charge in [-0.15, -0.1) is 0 Å². The van der Waals surface area contributed by atoms with Crippen LogP contribution >= 0.6 is 0 Å². The average molecular weight is 256 g/mol. The van der Waals surface area contributed by atoms with E-state index in [4.69, 9.17) is 4.42 Å². The van der Waals surface area contributed by atoms with Crippen molar-refractivity contribution >= 4 is 0 Å². The standard InChI is InChI=1S/C16H20N2O/c1-2-8-17-10-15-16(19-11-18-15)14-7-6-12-4-3-5-13(12)9-14/h6-7,9,11,17H,2-5,8,10H2,1H3. The van der Waals surface area contributed by atoms with Crippen molar-refractivity contribution in [3.63, 3.8) is 0 Å². The van der Waals surface area contributed by atoms with Gasteiger partial charge in [0.05, 0.1) is 0 Å². The minimum Gasteiger partial charge on any atom is -0.443 e. The van der Waals surface area contributed by atoms with Gasteiger partial charge in [-0.1, -0.05) is 19.1 Å². The van der Waals surface area contributed by atoms with Crippen molar-refractivity contribution in [2.45, 2.75) is 39.2 Å². The van der Waals surface area contributed by atoms with Gasteiger partial charge in [-0.25, -0.2) is 4.98 Å². The normalized spacial score (nSPS) is 13.7. The Balaban J connectivity index is 1.84. The second-order valence-corrected chi connectivity index (χ2v) is 5.14. The lowest BCUT2D eigenvalue weighted by atomic mass is 10.0. The fraction of sp³-hybridized carbons (Fsp3) is 0.438. The molecule has 0 aliphatic heterocycles. The fourth-order valence-electron chi connectivity index (χ4n) is 2.73. The predicted molar refractivity (Wildman–Crippen MR) is 76.0 cm³/mol. The number of aromatic nitrogens is 1. The molecule has 1 aliphatic rings. The molecule has 0 amide bonds. The van der Waals surface area contributed by atoms with Gasteiger partial charge < -0.3 is 9.73 Å². The average Bonchev–Trinajstić information content (AvgIpc) is 3.06.